The van der Waals surface area contributed by atoms with Gasteiger partial charge in [-0.2, -0.15) is 0 Å². The molecule has 0 spiro atoms. The van der Waals surface area contributed by atoms with E-state index in [0.717, 1.165) is 30.9 Å². The van der Waals surface area contributed by atoms with Gasteiger partial charge >= 0.3 is 0 Å². The first-order chi connectivity index (χ1) is 9.66. The molecule has 0 radical (unpaired) electrons. The lowest BCUT2D eigenvalue weighted by atomic mass is 10.1. The average molecular weight is 275 g/mol. The molecule has 2 rings (SSSR count). The molecule has 110 valence electrons. The van der Waals surface area contributed by atoms with Crippen LogP contribution in [0.5, 0.6) is 0 Å². The van der Waals surface area contributed by atoms with Crippen LogP contribution in [-0.4, -0.2) is 37.0 Å². The Kier molecular flexibility index (Phi) is 5.41. The quantitative estimate of drug-likeness (QED) is 0.828. The van der Waals surface area contributed by atoms with Gasteiger partial charge in [0.25, 0.3) is 5.91 Å². The Morgan fingerprint density at radius 1 is 1.25 bits per heavy atom. The molecule has 1 heterocycles. The molecular formula is C16H25N3O. The second-order valence-electron chi connectivity index (χ2n) is 5.58. The van der Waals surface area contributed by atoms with Gasteiger partial charge in [0.2, 0.25) is 0 Å². The Morgan fingerprint density at radius 3 is 2.60 bits per heavy atom. The lowest BCUT2D eigenvalue weighted by Gasteiger charge is -2.19. The summed E-state index contributed by atoms with van der Waals surface area (Å²) in [5.41, 5.74) is 8.13. The van der Waals surface area contributed by atoms with Gasteiger partial charge < -0.3 is 16.0 Å². The normalized spacial score (nSPS) is 16.6. The number of carbonyl (C=O) groups is 1. The lowest BCUT2D eigenvalue weighted by molar-refractivity contribution is 0.0948. The number of anilines is 1. The van der Waals surface area contributed by atoms with E-state index >= 15 is 0 Å². The Hall–Kier alpha value is -1.55. The fraction of sp³-hybridized carbons (Fsp3) is 0.562. The fourth-order valence-corrected chi connectivity index (χ4v) is 2.61. The van der Waals surface area contributed by atoms with Crippen molar-refractivity contribution in [3.63, 3.8) is 0 Å². The van der Waals surface area contributed by atoms with Gasteiger partial charge in [-0.3, -0.25) is 4.79 Å². The molecule has 0 unspecified atom stereocenters. The number of nitrogen functional groups attached to an aromatic ring is 1. The Morgan fingerprint density at radius 2 is 1.95 bits per heavy atom. The summed E-state index contributed by atoms with van der Waals surface area (Å²) in [5, 5.41) is 2.99. The summed E-state index contributed by atoms with van der Waals surface area (Å²) < 4.78 is 0. The van der Waals surface area contributed by atoms with Crippen LogP contribution >= 0.6 is 0 Å². The number of benzene rings is 1. The van der Waals surface area contributed by atoms with Crippen molar-refractivity contribution in [3.8, 4) is 0 Å². The molecule has 1 fully saturated rings. The Balaban J connectivity index is 1.78. The number of likely N-dealkylation sites (tertiary alicyclic amines) is 1. The molecule has 0 aliphatic carbocycles. The molecule has 1 aromatic carbocycles. The first-order valence-electron chi connectivity index (χ1n) is 7.53. The van der Waals surface area contributed by atoms with E-state index in [1.54, 1.807) is 12.1 Å². The summed E-state index contributed by atoms with van der Waals surface area (Å²) in [6.07, 6.45) is 5.25. The third kappa shape index (κ3) is 4.23. The van der Waals surface area contributed by atoms with Crippen LogP contribution in [0.25, 0.3) is 0 Å². The van der Waals surface area contributed by atoms with Crippen LogP contribution in [0, 0.1) is 6.92 Å². The highest BCUT2D eigenvalue weighted by Gasteiger charge is 2.10. The van der Waals surface area contributed by atoms with E-state index in [1.807, 2.05) is 13.0 Å². The minimum atomic E-state index is -0.0112. The van der Waals surface area contributed by atoms with Gasteiger partial charge in [-0.1, -0.05) is 12.8 Å². The monoisotopic (exact) mass is 275 g/mol. The Bertz CT molecular complexity index is 451. The first kappa shape index (κ1) is 14.9. The average Bonchev–Trinajstić information content (AvgIpc) is 2.70. The van der Waals surface area contributed by atoms with Gasteiger partial charge in [-0.05, 0) is 56.6 Å². The number of hydrogen-bond donors (Lipinski definition) is 2. The van der Waals surface area contributed by atoms with Crippen molar-refractivity contribution < 1.29 is 4.79 Å². The number of carbonyl (C=O) groups excluding carboxylic acids is 1. The minimum absolute atomic E-state index is 0.0112. The van der Waals surface area contributed by atoms with Crippen LogP contribution in [0.2, 0.25) is 0 Å². The molecule has 4 heteroatoms. The summed E-state index contributed by atoms with van der Waals surface area (Å²) in [5.74, 6) is -0.0112. The summed E-state index contributed by atoms with van der Waals surface area (Å²) in [7, 11) is 0. The molecule has 1 saturated heterocycles. The van der Waals surface area contributed by atoms with Crippen molar-refractivity contribution in [3.05, 3.63) is 29.3 Å². The number of hydrogen-bond acceptors (Lipinski definition) is 3. The minimum Gasteiger partial charge on any atom is -0.399 e. The molecule has 1 amide bonds. The molecule has 3 N–H and O–H groups in total. The number of aryl methyl sites for hydroxylation is 1. The molecule has 0 saturated carbocycles. The van der Waals surface area contributed by atoms with E-state index in [-0.39, 0.29) is 5.91 Å². The molecule has 0 bridgehead atoms. The second-order valence-corrected chi connectivity index (χ2v) is 5.58. The highest BCUT2D eigenvalue weighted by Crippen LogP contribution is 2.12. The van der Waals surface area contributed by atoms with Crippen molar-refractivity contribution in [1.82, 2.24) is 10.2 Å². The first-order valence-corrected chi connectivity index (χ1v) is 7.53. The highest BCUT2D eigenvalue weighted by atomic mass is 16.1. The van der Waals surface area contributed by atoms with Gasteiger partial charge in [0.1, 0.15) is 0 Å². The van der Waals surface area contributed by atoms with Crippen LogP contribution in [0.3, 0.4) is 0 Å². The molecule has 1 aliphatic heterocycles. The summed E-state index contributed by atoms with van der Waals surface area (Å²) in [4.78, 5) is 14.5. The van der Waals surface area contributed by atoms with Crippen molar-refractivity contribution in [1.29, 1.82) is 0 Å². The predicted molar refractivity (Wildman–Crippen MR) is 82.8 cm³/mol. The smallest absolute Gasteiger partial charge is 0.251 e. The molecular weight excluding hydrogens is 250 g/mol. The second kappa shape index (κ2) is 7.29. The van der Waals surface area contributed by atoms with E-state index < -0.39 is 0 Å². The predicted octanol–water partition coefficient (Wildman–Crippen LogP) is 2.18. The third-order valence-electron chi connectivity index (χ3n) is 3.94. The highest BCUT2D eigenvalue weighted by molar-refractivity contribution is 5.94. The van der Waals surface area contributed by atoms with Crippen molar-refractivity contribution >= 4 is 11.6 Å². The molecule has 1 aromatic rings. The van der Waals surface area contributed by atoms with Crippen LogP contribution in [0.4, 0.5) is 5.69 Å². The van der Waals surface area contributed by atoms with E-state index in [0.29, 0.717) is 12.1 Å². The third-order valence-corrected chi connectivity index (χ3v) is 3.94. The van der Waals surface area contributed by atoms with E-state index in [9.17, 15) is 4.79 Å². The topological polar surface area (TPSA) is 58.4 Å². The maximum Gasteiger partial charge on any atom is 0.251 e. The summed E-state index contributed by atoms with van der Waals surface area (Å²) in [6, 6.07) is 5.42. The summed E-state index contributed by atoms with van der Waals surface area (Å²) >= 11 is 0. The molecule has 4 nitrogen and oxygen atoms in total. The zero-order valence-electron chi connectivity index (χ0n) is 12.3. The van der Waals surface area contributed by atoms with Crippen molar-refractivity contribution in [2.45, 2.75) is 32.6 Å². The molecule has 1 aliphatic rings. The number of nitrogens with two attached hydrogens (primary N) is 1. The summed E-state index contributed by atoms with van der Waals surface area (Å²) in [6.45, 7) is 5.90. The van der Waals surface area contributed by atoms with Gasteiger partial charge in [0.05, 0.1) is 0 Å². The molecule has 20 heavy (non-hydrogen) atoms. The largest absolute Gasteiger partial charge is 0.399 e. The Labute approximate surface area is 121 Å². The number of nitrogens with one attached hydrogen (secondary N) is 1. The van der Waals surface area contributed by atoms with Crippen LogP contribution < -0.4 is 11.1 Å². The van der Waals surface area contributed by atoms with E-state index in [1.165, 1.54) is 25.7 Å². The van der Waals surface area contributed by atoms with Crippen LogP contribution in [0.1, 0.15) is 41.6 Å². The maximum absolute atomic E-state index is 12.0. The number of rotatable bonds is 4. The fourth-order valence-electron chi connectivity index (χ4n) is 2.61. The standard InChI is InChI=1S/C16H25N3O/c1-13-12-14(6-7-15(13)17)16(20)18-8-11-19-9-4-2-3-5-10-19/h6-7,12H,2-5,8-11,17H2,1H3,(H,18,20). The van der Waals surface area contributed by atoms with E-state index in [4.69, 9.17) is 5.73 Å². The zero-order chi connectivity index (χ0) is 14.4. The lowest BCUT2D eigenvalue weighted by Crippen LogP contribution is -2.35. The van der Waals surface area contributed by atoms with E-state index in [2.05, 4.69) is 10.2 Å². The van der Waals surface area contributed by atoms with Crippen molar-refractivity contribution in [2.75, 3.05) is 31.9 Å². The SMILES string of the molecule is Cc1cc(C(=O)NCCN2CCCCCC2)ccc1N. The van der Waals surface area contributed by atoms with Crippen LogP contribution in [-0.2, 0) is 0 Å². The van der Waals surface area contributed by atoms with Crippen LogP contribution in [0.15, 0.2) is 18.2 Å². The maximum atomic E-state index is 12.0. The van der Waals surface area contributed by atoms with Gasteiger partial charge in [0, 0.05) is 24.3 Å². The van der Waals surface area contributed by atoms with Gasteiger partial charge in [-0.25, -0.2) is 0 Å². The van der Waals surface area contributed by atoms with Gasteiger partial charge in [-0.15, -0.1) is 0 Å². The number of nitrogens with zero attached hydrogens (tertiary/aromatic N) is 1. The number of amides is 1. The van der Waals surface area contributed by atoms with Crippen molar-refractivity contribution in [2.24, 2.45) is 0 Å². The zero-order valence-corrected chi connectivity index (χ0v) is 12.3. The molecule has 0 atom stereocenters. The molecule has 0 aromatic heterocycles. The van der Waals surface area contributed by atoms with Gasteiger partial charge in [0.15, 0.2) is 0 Å².